The van der Waals surface area contributed by atoms with Crippen LogP contribution in [-0.2, 0) is 9.84 Å². The third-order valence-corrected chi connectivity index (χ3v) is 6.80. The van der Waals surface area contributed by atoms with Crippen LogP contribution in [0.15, 0.2) is 4.99 Å². The quantitative estimate of drug-likeness (QED) is 0.606. The normalized spacial score (nSPS) is 35.9. The van der Waals surface area contributed by atoms with Gasteiger partial charge in [0.2, 0.25) is 0 Å². The van der Waals surface area contributed by atoms with Gasteiger partial charge in [-0.3, -0.25) is 4.99 Å². The number of hydrogen-bond acceptors (Lipinski definition) is 3. The van der Waals surface area contributed by atoms with Crippen molar-refractivity contribution in [3.8, 4) is 0 Å². The highest BCUT2D eigenvalue weighted by Crippen LogP contribution is 2.29. The lowest BCUT2D eigenvalue weighted by Gasteiger charge is -2.18. The van der Waals surface area contributed by atoms with Crippen molar-refractivity contribution >= 4 is 15.8 Å². The average Bonchev–Trinajstić information content (AvgIpc) is 2.82. The molecule has 0 aromatic rings. The minimum Gasteiger partial charge on any atom is -0.354 e. The van der Waals surface area contributed by atoms with E-state index in [0.717, 1.165) is 18.3 Å². The minimum absolute atomic E-state index is 0.203. The fourth-order valence-corrected chi connectivity index (χ4v) is 5.18. The molecule has 0 spiro atoms. The summed E-state index contributed by atoms with van der Waals surface area (Å²) >= 11 is 0. The Morgan fingerprint density at radius 2 is 1.90 bits per heavy atom. The molecular weight excluding hydrogens is 286 g/mol. The molecule has 3 aliphatic rings. The van der Waals surface area contributed by atoms with Crippen molar-refractivity contribution in [3.63, 3.8) is 0 Å². The van der Waals surface area contributed by atoms with E-state index in [4.69, 9.17) is 0 Å². The van der Waals surface area contributed by atoms with Crippen LogP contribution in [0.4, 0.5) is 0 Å². The van der Waals surface area contributed by atoms with E-state index in [1.165, 1.54) is 32.1 Å². The average molecular weight is 313 g/mol. The van der Waals surface area contributed by atoms with Crippen LogP contribution in [0.3, 0.4) is 0 Å². The molecule has 3 fully saturated rings. The largest absolute Gasteiger partial charge is 0.354 e. The number of rotatable bonds is 4. The van der Waals surface area contributed by atoms with Crippen molar-refractivity contribution in [1.82, 2.24) is 10.6 Å². The van der Waals surface area contributed by atoms with E-state index in [0.29, 0.717) is 30.1 Å². The Hall–Kier alpha value is -0.780. The number of guanidine groups is 1. The van der Waals surface area contributed by atoms with E-state index >= 15 is 0 Å². The van der Waals surface area contributed by atoms with Gasteiger partial charge in [-0.1, -0.05) is 19.8 Å². The second-order valence-corrected chi connectivity index (χ2v) is 9.28. The summed E-state index contributed by atoms with van der Waals surface area (Å²) in [6.45, 7) is 2.87. The molecule has 0 bridgehead atoms. The summed E-state index contributed by atoms with van der Waals surface area (Å²) in [5.74, 6) is 2.49. The van der Waals surface area contributed by atoms with Gasteiger partial charge in [0.15, 0.2) is 15.8 Å². The van der Waals surface area contributed by atoms with E-state index in [1.807, 2.05) is 0 Å². The van der Waals surface area contributed by atoms with E-state index in [-0.39, 0.29) is 5.92 Å². The predicted octanol–water partition coefficient (Wildman–Crippen LogP) is 1.31. The first kappa shape index (κ1) is 15.1. The summed E-state index contributed by atoms with van der Waals surface area (Å²) < 4.78 is 23.0. The van der Waals surface area contributed by atoms with Gasteiger partial charge >= 0.3 is 0 Å². The minimum atomic E-state index is -2.80. The van der Waals surface area contributed by atoms with Gasteiger partial charge < -0.3 is 10.6 Å². The number of sulfone groups is 1. The highest BCUT2D eigenvalue weighted by molar-refractivity contribution is 7.91. The summed E-state index contributed by atoms with van der Waals surface area (Å²) in [5, 5.41) is 7.04. The Bertz CT molecular complexity index is 497. The second kappa shape index (κ2) is 6.15. The molecule has 1 aliphatic heterocycles. The fourth-order valence-electron chi connectivity index (χ4n) is 3.33. The summed E-state index contributed by atoms with van der Waals surface area (Å²) in [7, 11) is -2.80. The molecule has 2 N–H and O–H groups in total. The Morgan fingerprint density at radius 3 is 2.48 bits per heavy atom. The maximum Gasteiger partial charge on any atom is 0.191 e. The lowest BCUT2D eigenvalue weighted by molar-refractivity contribution is 0.579. The van der Waals surface area contributed by atoms with Crippen molar-refractivity contribution in [2.75, 3.05) is 18.1 Å². The summed E-state index contributed by atoms with van der Waals surface area (Å²) in [6.07, 6.45) is 7.01. The SMILES string of the molecule is CC1CC1NC(=NCC1CCS(=O)(=O)C1)NC1CCCC1. The van der Waals surface area contributed by atoms with Gasteiger partial charge in [0.05, 0.1) is 11.5 Å². The van der Waals surface area contributed by atoms with Gasteiger partial charge in [0, 0.05) is 18.6 Å². The maximum absolute atomic E-state index is 11.5. The molecule has 0 aromatic carbocycles. The Labute approximate surface area is 127 Å². The van der Waals surface area contributed by atoms with Gasteiger partial charge in [-0.05, 0) is 37.5 Å². The topological polar surface area (TPSA) is 70.6 Å². The summed E-state index contributed by atoms with van der Waals surface area (Å²) in [5.41, 5.74) is 0. The van der Waals surface area contributed by atoms with Crippen molar-refractivity contribution in [2.24, 2.45) is 16.8 Å². The zero-order chi connectivity index (χ0) is 14.9. The van der Waals surface area contributed by atoms with Crippen molar-refractivity contribution in [3.05, 3.63) is 0 Å². The molecule has 6 heteroatoms. The van der Waals surface area contributed by atoms with Gasteiger partial charge in [-0.25, -0.2) is 8.42 Å². The number of nitrogens with zero attached hydrogens (tertiary/aromatic N) is 1. The van der Waals surface area contributed by atoms with E-state index in [2.05, 4.69) is 22.5 Å². The molecule has 21 heavy (non-hydrogen) atoms. The number of hydrogen-bond donors (Lipinski definition) is 2. The van der Waals surface area contributed by atoms with Crippen LogP contribution in [0.2, 0.25) is 0 Å². The van der Waals surface area contributed by atoms with Gasteiger partial charge in [-0.15, -0.1) is 0 Å². The predicted molar refractivity (Wildman–Crippen MR) is 85.2 cm³/mol. The molecule has 1 saturated heterocycles. The molecule has 1 heterocycles. The zero-order valence-electron chi connectivity index (χ0n) is 12.8. The molecule has 0 amide bonds. The first-order valence-corrected chi connectivity index (χ1v) is 10.1. The highest BCUT2D eigenvalue weighted by Gasteiger charge is 2.34. The van der Waals surface area contributed by atoms with E-state index < -0.39 is 9.84 Å². The first-order valence-electron chi connectivity index (χ1n) is 8.30. The van der Waals surface area contributed by atoms with Gasteiger partial charge in [0.1, 0.15) is 0 Å². The van der Waals surface area contributed by atoms with Crippen LogP contribution in [-0.4, -0.2) is 44.5 Å². The molecule has 0 radical (unpaired) electrons. The monoisotopic (exact) mass is 313 g/mol. The molecule has 2 saturated carbocycles. The van der Waals surface area contributed by atoms with Crippen LogP contribution in [0.25, 0.3) is 0 Å². The van der Waals surface area contributed by atoms with E-state index in [9.17, 15) is 8.42 Å². The van der Waals surface area contributed by atoms with Crippen LogP contribution in [0.1, 0.15) is 45.4 Å². The summed E-state index contributed by atoms with van der Waals surface area (Å²) in [6, 6.07) is 1.09. The molecule has 3 rings (SSSR count). The Morgan fingerprint density at radius 1 is 1.19 bits per heavy atom. The zero-order valence-corrected chi connectivity index (χ0v) is 13.7. The molecule has 3 atom stereocenters. The molecule has 3 unspecified atom stereocenters. The van der Waals surface area contributed by atoms with Crippen molar-refractivity contribution in [1.29, 1.82) is 0 Å². The molecule has 120 valence electrons. The molecular formula is C15H27N3O2S. The fraction of sp³-hybridized carbons (Fsp3) is 0.933. The third kappa shape index (κ3) is 4.34. The standard InChI is InChI=1S/C15H27N3O2S/c1-11-8-14(11)18-15(17-13-4-2-3-5-13)16-9-12-6-7-21(19,20)10-12/h11-14H,2-10H2,1H3,(H2,16,17,18). The lowest BCUT2D eigenvalue weighted by atomic mass is 10.1. The lowest BCUT2D eigenvalue weighted by Crippen LogP contribution is -2.44. The maximum atomic E-state index is 11.5. The molecule has 2 aliphatic carbocycles. The van der Waals surface area contributed by atoms with Crippen LogP contribution >= 0.6 is 0 Å². The van der Waals surface area contributed by atoms with Crippen LogP contribution < -0.4 is 10.6 Å². The molecule has 5 nitrogen and oxygen atoms in total. The third-order valence-electron chi connectivity index (χ3n) is 4.96. The van der Waals surface area contributed by atoms with Crippen molar-refractivity contribution in [2.45, 2.75) is 57.5 Å². The Balaban J connectivity index is 1.55. The summed E-state index contributed by atoms with van der Waals surface area (Å²) in [4.78, 5) is 4.68. The number of aliphatic imine (C=N–C) groups is 1. The Kier molecular flexibility index (Phi) is 4.43. The highest BCUT2D eigenvalue weighted by atomic mass is 32.2. The van der Waals surface area contributed by atoms with Gasteiger partial charge in [-0.2, -0.15) is 0 Å². The van der Waals surface area contributed by atoms with Crippen LogP contribution in [0, 0.1) is 11.8 Å². The van der Waals surface area contributed by atoms with E-state index in [1.54, 1.807) is 0 Å². The van der Waals surface area contributed by atoms with Crippen molar-refractivity contribution < 1.29 is 8.42 Å². The van der Waals surface area contributed by atoms with Crippen LogP contribution in [0.5, 0.6) is 0 Å². The smallest absolute Gasteiger partial charge is 0.191 e. The van der Waals surface area contributed by atoms with Gasteiger partial charge in [0.25, 0.3) is 0 Å². The first-order chi connectivity index (χ1) is 10.0. The second-order valence-electron chi connectivity index (χ2n) is 7.05. The molecule has 0 aromatic heterocycles. The number of nitrogens with one attached hydrogen (secondary N) is 2.